The van der Waals surface area contributed by atoms with E-state index in [2.05, 4.69) is 10.6 Å². The quantitative estimate of drug-likeness (QED) is 0.608. The lowest BCUT2D eigenvalue weighted by molar-refractivity contribution is -0.183. The first-order valence-corrected chi connectivity index (χ1v) is 9.67. The zero-order chi connectivity index (χ0) is 19.4. The molecule has 1 atom stereocenters. The molecule has 2 rings (SSSR count). The number of benzene rings is 1. The van der Waals surface area contributed by atoms with Crippen LogP contribution in [0, 0.1) is 0 Å². The predicted octanol–water partition coefficient (Wildman–Crippen LogP) is 0.463. The van der Waals surface area contributed by atoms with Crippen LogP contribution < -0.4 is 15.8 Å². The Balaban J connectivity index is 0.00000364. The molecule has 4 N–H and O–H groups in total. The second kappa shape index (κ2) is 9.69. The molecule has 27 heavy (non-hydrogen) atoms. The summed E-state index contributed by atoms with van der Waals surface area (Å²) in [6.07, 6.45) is -4.47. The maximum atomic E-state index is 13.3. The van der Waals surface area contributed by atoms with Gasteiger partial charge in [-0.1, -0.05) is 12.1 Å². The summed E-state index contributed by atoms with van der Waals surface area (Å²) in [5.74, 6) is -1.16. The Bertz CT molecular complexity index is 740. The maximum absolute atomic E-state index is 13.3. The molecule has 1 aliphatic rings. The molecule has 1 unspecified atom stereocenters. The van der Waals surface area contributed by atoms with E-state index in [0.29, 0.717) is 13.1 Å². The number of piperazine rings is 1. The lowest BCUT2D eigenvalue weighted by Crippen LogP contribution is -2.57. The van der Waals surface area contributed by atoms with Crippen molar-refractivity contribution in [2.75, 3.05) is 32.7 Å². The minimum Gasteiger partial charge on any atom is -0.350 e. The fourth-order valence-corrected chi connectivity index (χ4v) is 3.42. The molecule has 0 bridgehead atoms. The Labute approximate surface area is 161 Å². The highest BCUT2D eigenvalue weighted by atomic mass is 35.5. The van der Waals surface area contributed by atoms with Gasteiger partial charge >= 0.3 is 6.18 Å². The molecule has 0 radical (unpaired) electrons. The second-order valence-corrected chi connectivity index (χ2v) is 7.68. The van der Waals surface area contributed by atoms with Crippen LogP contribution >= 0.6 is 12.4 Å². The van der Waals surface area contributed by atoms with Crippen molar-refractivity contribution in [3.05, 3.63) is 35.4 Å². The van der Waals surface area contributed by atoms with Gasteiger partial charge in [-0.05, 0) is 17.7 Å². The number of amides is 1. The van der Waals surface area contributed by atoms with Crippen LogP contribution in [-0.2, 0) is 15.8 Å². The van der Waals surface area contributed by atoms with E-state index < -0.39 is 40.4 Å². The Kier molecular flexibility index (Phi) is 8.48. The van der Waals surface area contributed by atoms with Crippen LogP contribution in [-0.4, -0.2) is 64.2 Å². The van der Waals surface area contributed by atoms with E-state index in [1.165, 1.54) is 29.2 Å². The lowest BCUT2D eigenvalue weighted by atomic mass is 10.1. The third-order valence-electron chi connectivity index (χ3n) is 3.98. The Hall–Kier alpha value is -1.40. The SMILES string of the molecule is Cl.NS(=O)(=O)Cc1cccc(C(=O)NCC(N2CCNCC2)C(F)(F)F)c1. The van der Waals surface area contributed by atoms with Crippen LogP contribution in [0.1, 0.15) is 15.9 Å². The van der Waals surface area contributed by atoms with Crippen LogP contribution in [0.5, 0.6) is 0 Å². The van der Waals surface area contributed by atoms with E-state index in [1.807, 2.05) is 0 Å². The molecule has 0 aromatic heterocycles. The van der Waals surface area contributed by atoms with Gasteiger partial charge in [0.05, 0.1) is 5.75 Å². The van der Waals surface area contributed by atoms with Crippen molar-refractivity contribution in [3.8, 4) is 0 Å². The van der Waals surface area contributed by atoms with Crippen LogP contribution in [0.4, 0.5) is 13.2 Å². The number of carbonyl (C=O) groups excluding carboxylic acids is 1. The van der Waals surface area contributed by atoms with E-state index in [4.69, 9.17) is 5.14 Å². The van der Waals surface area contributed by atoms with Crippen LogP contribution in [0.3, 0.4) is 0 Å². The van der Waals surface area contributed by atoms with E-state index in [0.717, 1.165) is 0 Å². The Morgan fingerprint density at radius 1 is 1.30 bits per heavy atom. The number of nitrogens with two attached hydrogens (primary N) is 1. The first-order chi connectivity index (χ1) is 12.1. The third-order valence-corrected chi connectivity index (χ3v) is 4.72. The number of alkyl halides is 3. The second-order valence-electron chi connectivity index (χ2n) is 6.06. The number of nitrogens with one attached hydrogen (secondary N) is 2. The van der Waals surface area contributed by atoms with E-state index in [-0.39, 0.29) is 36.6 Å². The summed E-state index contributed by atoms with van der Waals surface area (Å²) in [5.41, 5.74) is 0.363. The molecule has 1 aromatic carbocycles. The minimum absolute atomic E-state index is 0. The summed E-state index contributed by atoms with van der Waals surface area (Å²) >= 11 is 0. The van der Waals surface area contributed by atoms with Gasteiger partial charge in [0.1, 0.15) is 6.04 Å². The Morgan fingerprint density at radius 2 is 1.93 bits per heavy atom. The van der Waals surface area contributed by atoms with Crippen LogP contribution in [0.15, 0.2) is 24.3 Å². The molecule has 12 heteroatoms. The summed E-state index contributed by atoms with van der Waals surface area (Å²) in [7, 11) is -3.77. The molecule has 1 aliphatic heterocycles. The molecule has 0 saturated carbocycles. The van der Waals surface area contributed by atoms with E-state index in [9.17, 15) is 26.4 Å². The van der Waals surface area contributed by atoms with Crippen molar-refractivity contribution in [3.63, 3.8) is 0 Å². The summed E-state index contributed by atoms with van der Waals surface area (Å²) in [6, 6.07) is 3.84. The highest BCUT2D eigenvalue weighted by molar-refractivity contribution is 7.88. The number of hydrogen-bond donors (Lipinski definition) is 3. The average Bonchev–Trinajstić information content (AvgIpc) is 2.53. The van der Waals surface area contributed by atoms with Crippen molar-refractivity contribution in [2.45, 2.75) is 18.0 Å². The monoisotopic (exact) mass is 430 g/mol. The zero-order valence-corrected chi connectivity index (χ0v) is 16.0. The highest BCUT2D eigenvalue weighted by Crippen LogP contribution is 2.24. The number of sulfonamides is 1. The Morgan fingerprint density at radius 3 is 2.48 bits per heavy atom. The number of rotatable bonds is 6. The topological polar surface area (TPSA) is 105 Å². The molecule has 1 aromatic rings. The van der Waals surface area contributed by atoms with Gasteiger partial charge in [0.2, 0.25) is 10.0 Å². The average molecular weight is 431 g/mol. The highest BCUT2D eigenvalue weighted by Gasteiger charge is 2.43. The first-order valence-electron chi connectivity index (χ1n) is 7.95. The summed E-state index contributed by atoms with van der Waals surface area (Å²) in [5, 5.41) is 10.2. The zero-order valence-electron chi connectivity index (χ0n) is 14.3. The van der Waals surface area contributed by atoms with Gasteiger partial charge in [-0.2, -0.15) is 13.2 Å². The summed E-state index contributed by atoms with van der Waals surface area (Å²) in [6.45, 7) is 0.807. The molecular formula is C15H22ClF3N4O3S. The number of halogens is 4. The largest absolute Gasteiger partial charge is 0.405 e. The lowest BCUT2D eigenvalue weighted by Gasteiger charge is -2.35. The molecule has 154 valence electrons. The summed E-state index contributed by atoms with van der Waals surface area (Å²) in [4.78, 5) is 13.5. The minimum atomic E-state index is -4.47. The molecular weight excluding hydrogens is 409 g/mol. The van der Waals surface area contributed by atoms with Gasteiger partial charge in [-0.15, -0.1) is 12.4 Å². The molecule has 1 fully saturated rings. The van der Waals surface area contributed by atoms with Gasteiger partial charge in [-0.3, -0.25) is 9.69 Å². The number of hydrogen-bond acceptors (Lipinski definition) is 5. The fraction of sp³-hybridized carbons (Fsp3) is 0.533. The first kappa shape index (κ1) is 23.6. The molecule has 1 amide bonds. The van der Waals surface area contributed by atoms with Crippen molar-refractivity contribution >= 4 is 28.3 Å². The normalized spacial score (nSPS) is 17.0. The fourth-order valence-electron chi connectivity index (χ4n) is 2.77. The van der Waals surface area contributed by atoms with Crippen molar-refractivity contribution in [2.24, 2.45) is 5.14 Å². The van der Waals surface area contributed by atoms with Gasteiger partial charge in [-0.25, -0.2) is 13.6 Å². The summed E-state index contributed by atoms with van der Waals surface area (Å²) < 4.78 is 62.2. The predicted molar refractivity (Wildman–Crippen MR) is 97.1 cm³/mol. The van der Waals surface area contributed by atoms with Crippen molar-refractivity contribution in [1.82, 2.24) is 15.5 Å². The van der Waals surface area contributed by atoms with Gasteiger partial charge in [0, 0.05) is 38.3 Å². The molecule has 1 saturated heterocycles. The van der Waals surface area contributed by atoms with Crippen LogP contribution in [0.25, 0.3) is 0 Å². The van der Waals surface area contributed by atoms with Crippen molar-refractivity contribution < 1.29 is 26.4 Å². The molecule has 1 heterocycles. The number of primary sulfonamides is 1. The molecule has 7 nitrogen and oxygen atoms in total. The number of nitrogens with zero attached hydrogens (tertiary/aromatic N) is 1. The maximum Gasteiger partial charge on any atom is 0.405 e. The third kappa shape index (κ3) is 7.62. The van der Waals surface area contributed by atoms with Gasteiger partial charge < -0.3 is 10.6 Å². The van der Waals surface area contributed by atoms with Gasteiger partial charge in [0.15, 0.2) is 0 Å². The smallest absolute Gasteiger partial charge is 0.350 e. The standard InChI is InChI=1S/C15H21F3N4O3S.ClH/c16-15(17,18)13(22-6-4-20-5-7-22)9-21-14(23)12-3-1-2-11(8-12)10-26(19,24)25;/h1-3,8,13,20H,4-7,9-10H2,(H,21,23)(H2,19,24,25);1H. The van der Waals surface area contributed by atoms with E-state index >= 15 is 0 Å². The van der Waals surface area contributed by atoms with Gasteiger partial charge in [0.25, 0.3) is 5.91 Å². The number of carbonyl (C=O) groups is 1. The van der Waals surface area contributed by atoms with Crippen LogP contribution in [0.2, 0.25) is 0 Å². The molecule has 0 spiro atoms. The van der Waals surface area contributed by atoms with E-state index in [1.54, 1.807) is 0 Å². The van der Waals surface area contributed by atoms with Crippen molar-refractivity contribution in [1.29, 1.82) is 0 Å². The molecule has 0 aliphatic carbocycles.